The van der Waals surface area contributed by atoms with Crippen LogP contribution in [0.1, 0.15) is 51.1 Å². The number of hydrogen-bond donors (Lipinski definition) is 3. The van der Waals surface area contributed by atoms with Crippen LogP contribution in [0.3, 0.4) is 0 Å². The molecule has 3 amide bonds. The Balaban J connectivity index is 1.26. The van der Waals surface area contributed by atoms with E-state index in [1.54, 1.807) is 6.07 Å². The molecule has 1 fully saturated rings. The zero-order valence-corrected chi connectivity index (χ0v) is 25.8. The molecule has 1 saturated heterocycles. The van der Waals surface area contributed by atoms with Crippen molar-refractivity contribution in [1.82, 2.24) is 4.90 Å². The van der Waals surface area contributed by atoms with E-state index in [0.29, 0.717) is 55.8 Å². The Labute approximate surface area is 278 Å². The number of fused-ring (bicyclic) bond motifs is 1. The lowest BCUT2D eigenvalue weighted by Crippen LogP contribution is -2.47. The molecule has 1 spiro atoms. The average molecular weight is 709 g/mol. The fourth-order valence-corrected chi connectivity index (χ4v) is 5.77. The zero-order valence-electron chi connectivity index (χ0n) is 25.8. The number of anilines is 2. The number of rotatable bonds is 7. The Hall–Kier alpha value is -5.52. The quantitative estimate of drug-likeness (QED) is 0.286. The molecule has 0 unspecified atom stereocenters. The van der Waals surface area contributed by atoms with Crippen LogP contribution < -0.4 is 24.8 Å². The van der Waals surface area contributed by atoms with Crippen LogP contribution in [-0.2, 0) is 15.8 Å². The van der Waals surface area contributed by atoms with Crippen LogP contribution in [0, 0.1) is 5.82 Å². The third kappa shape index (κ3) is 6.83. The molecule has 3 aliphatic heterocycles. The molecule has 3 aliphatic rings. The summed E-state index contributed by atoms with van der Waals surface area (Å²) in [6.07, 6.45) is -7.99. The van der Waals surface area contributed by atoms with Gasteiger partial charge in [0.1, 0.15) is 23.8 Å². The molecule has 0 atom stereocenters. The number of carbonyl (C=O) groups is 3. The van der Waals surface area contributed by atoms with Crippen molar-refractivity contribution in [2.24, 2.45) is 5.16 Å². The summed E-state index contributed by atoms with van der Waals surface area (Å²) >= 11 is 0. The van der Waals surface area contributed by atoms with E-state index < -0.39 is 82.2 Å². The third-order valence-corrected chi connectivity index (χ3v) is 8.34. The zero-order chi connectivity index (χ0) is 36.0. The topological polar surface area (TPSA) is 148 Å². The Kier molecular flexibility index (Phi) is 8.75. The Morgan fingerprint density at radius 3 is 2.30 bits per heavy atom. The van der Waals surface area contributed by atoms with Crippen molar-refractivity contribution in [3.63, 3.8) is 0 Å². The van der Waals surface area contributed by atoms with E-state index in [9.17, 15) is 40.7 Å². The van der Waals surface area contributed by atoms with Gasteiger partial charge in [-0.05, 0) is 42.5 Å². The number of likely N-dealkylation sites (tertiary alicyclic amines) is 1. The summed E-state index contributed by atoms with van der Waals surface area (Å²) in [5, 5.41) is 17.9. The van der Waals surface area contributed by atoms with E-state index in [0.717, 1.165) is 18.2 Å². The van der Waals surface area contributed by atoms with Gasteiger partial charge >= 0.3 is 12.5 Å². The molecule has 12 nitrogen and oxygen atoms in total. The van der Waals surface area contributed by atoms with Gasteiger partial charge in [-0.25, -0.2) is 4.39 Å². The van der Waals surface area contributed by atoms with Crippen molar-refractivity contribution in [3.05, 3.63) is 76.6 Å². The molecule has 0 radical (unpaired) electrons. The van der Waals surface area contributed by atoms with E-state index in [1.807, 2.05) is 0 Å². The van der Waals surface area contributed by atoms with Crippen LogP contribution in [0.5, 0.6) is 17.2 Å². The molecular formula is C32H26F6N4O8. The highest BCUT2D eigenvalue weighted by molar-refractivity contribution is 6.14. The first-order chi connectivity index (χ1) is 23.6. The molecule has 50 heavy (non-hydrogen) atoms. The van der Waals surface area contributed by atoms with Crippen LogP contribution in [0.2, 0.25) is 0 Å². The van der Waals surface area contributed by atoms with E-state index in [-0.39, 0.29) is 11.3 Å². The number of hydrogen-bond acceptors (Lipinski definition) is 9. The number of benzene rings is 3. The van der Waals surface area contributed by atoms with Gasteiger partial charge in [0.15, 0.2) is 11.5 Å². The van der Waals surface area contributed by atoms with Crippen LogP contribution >= 0.6 is 0 Å². The minimum absolute atomic E-state index is 0.0700. The second-order valence-electron chi connectivity index (χ2n) is 11.6. The van der Waals surface area contributed by atoms with Crippen molar-refractivity contribution in [2.45, 2.75) is 37.3 Å². The highest BCUT2D eigenvalue weighted by atomic mass is 19.4. The monoisotopic (exact) mass is 708 g/mol. The number of nitrogens with zero attached hydrogens (tertiary/aromatic N) is 2. The highest BCUT2D eigenvalue weighted by Gasteiger charge is 2.45. The van der Waals surface area contributed by atoms with Crippen LogP contribution in [0.25, 0.3) is 0 Å². The van der Waals surface area contributed by atoms with Gasteiger partial charge in [-0.3, -0.25) is 14.4 Å². The number of carbonyl (C=O) groups excluding carboxylic acids is 3. The number of piperidine rings is 1. The number of oxime groups is 1. The fourth-order valence-electron chi connectivity index (χ4n) is 5.77. The molecule has 264 valence electrons. The van der Waals surface area contributed by atoms with Crippen molar-refractivity contribution < 1.29 is 64.9 Å². The van der Waals surface area contributed by atoms with Gasteiger partial charge in [-0.2, -0.15) is 13.2 Å². The smallest absolute Gasteiger partial charge is 0.496 e. The lowest BCUT2D eigenvalue weighted by Gasteiger charge is -2.36. The number of aliphatic hydroxyl groups is 1. The maximum Gasteiger partial charge on any atom is 0.586 e. The fraction of sp³-hybridized carbons (Fsp3) is 0.312. The van der Waals surface area contributed by atoms with Crippen molar-refractivity contribution in [1.29, 1.82) is 0 Å². The molecule has 3 heterocycles. The summed E-state index contributed by atoms with van der Waals surface area (Å²) in [7, 11) is 1.29. The minimum Gasteiger partial charge on any atom is -0.496 e. The first-order valence-corrected chi connectivity index (χ1v) is 14.9. The summed E-state index contributed by atoms with van der Waals surface area (Å²) in [5.41, 5.74) is -2.91. The molecule has 3 aromatic carbocycles. The molecule has 6 rings (SSSR count). The normalized spacial score (nSPS) is 17.2. The Morgan fingerprint density at radius 2 is 1.64 bits per heavy atom. The largest absolute Gasteiger partial charge is 0.586 e. The molecule has 0 saturated carbocycles. The summed E-state index contributed by atoms with van der Waals surface area (Å²) in [6, 6.07) is 7.89. The molecule has 18 heteroatoms. The minimum atomic E-state index is -5.09. The second kappa shape index (κ2) is 12.7. The maximum atomic E-state index is 13.9. The number of amides is 3. The highest BCUT2D eigenvalue weighted by Crippen LogP contribution is 2.44. The molecule has 0 bridgehead atoms. The summed E-state index contributed by atoms with van der Waals surface area (Å²) in [4.78, 5) is 46.2. The first kappa shape index (κ1) is 34.3. The van der Waals surface area contributed by atoms with Gasteiger partial charge in [-0.1, -0.05) is 5.16 Å². The molecule has 3 N–H and O–H groups in total. The predicted octanol–water partition coefficient (Wildman–Crippen LogP) is 5.16. The molecule has 0 aromatic heterocycles. The van der Waals surface area contributed by atoms with Crippen LogP contribution in [0.4, 0.5) is 37.7 Å². The number of methoxy groups -OCH3 is 1. The number of halogens is 6. The summed E-state index contributed by atoms with van der Waals surface area (Å²) < 4.78 is 95.7. The SMILES string of the molecule is COc1ccc(C2=NOC3(CCN(C(=O)CO)CC3)C2)cc1C(=O)Nc1cc2c(cc1C(=O)Nc1ccc(F)c(C(F)(F)F)c1)OC(F)(F)O2. The molecule has 3 aromatic rings. The predicted molar refractivity (Wildman–Crippen MR) is 161 cm³/mol. The van der Waals surface area contributed by atoms with Crippen LogP contribution in [0.15, 0.2) is 53.7 Å². The first-order valence-electron chi connectivity index (χ1n) is 14.9. The van der Waals surface area contributed by atoms with Crippen molar-refractivity contribution in [3.8, 4) is 17.2 Å². The Bertz CT molecular complexity index is 1910. The van der Waals surface area contributed by atoms with Gasteiger partial charge in [0, 0.05) is 49.7 Å². The van der Waals surface area contributed by atoms with E-state index in [1.165, 1.54) is 24.1 Å². The molecular weight excluding hydrogens is 682 g/mol. The van der Waals surface area contributed by atoms with Crippen molar-refractivity contribution >= 4 is 34.8 Å². The molecule has 0 aliphatic carbocycles. The van der Waals surface area contributed by atoms with E-state index in [4.69, 9.17) is 14.7 Å². The Morgan fingerprint density at radius 1 is 0.960 bits per heavy atom. The maximum absolute atomic E-state index is 13.9. The summed E-state index contributed by atoms with van der Waals surface area (Å²) in [6.45, 7) is 0.0925. The number of ether oxygens (including phenoxy) is 3. The number of alkyl halides is 5. The van der Waals surface area contributed by atoms with Gasteiger partial charge in [0.05, 0.1) is 35.2 Å². The summed E-state index contributed by atoms with van der Waals surface area (Å²) in [5.74, 6) is -5.14. The van der Waals surface area contributed by atoms with Crippen LogP contribution in [-0.4, -0.2) is 72.1 Å². The van der Waals surface area contributed by atoms with Crippen molar-refractivity contribution in [2.75, 3.05) is 37.4 Å². The lowest BCUT2D eigenvalue weighted by molar-refractivity contribution is -0.286. The number of aliphatic hydroxyl groups excluding tert-OH is 1. The number of nitrogens with one attached hydrogen (secondary N) is 2. The average Bonchev–Trinajstić information content (AvgIpc) is 3.62. The van der Waals surface area contributed by atoms with E-state index in [2.05, 4.69) is 25.3 Å². The third-order valence-electron chi connectivity index (χ3n) is 8.34. The van der Waals surface area contributed by atoms with Gasteiger partial charge in [0.25, 0.3) is 11.8 Å². The second-order valence-corrected chi connectivity index (χ2v) is 11.6. The van der Waals surface area contributed by atoms with Gasteiger partial charge < -0.3 is 39.7 Å². The lowest BCUT2D eigenvalue weighted by atomic mass is 9.85. The van der Waals surface area contributed by atoms with Gasteiger partial charge in [0.2, 0.25) is 5.91 Å². The standard InChI is InChI=1S/C32H26F6N4O8/c1-47-24-5-2-16(23-14-30(50-41-23)6-8-42(9-7-30)27(44)15-43)10-19(24)29(46)40-22-13-26-25(48-32(37,38)49-26)12-18(22)28(45)39-17-3-4-21(33)20(11-17)31(34,35)36/h2-5,10-13,43H,6-9,14-15H2,1H3,(H,39,45)(H,40,46). The van der Waals surface area contributed by atoms with E-state index >= 15 is 0 Å². The van der Waals surface area contributed by atoms with Gasteiger partial charge in [-0.15, -0.1) is 8.78 Å².